The number of nitrogens with one attached hydrogen (secondary N) is 3. The van der Waals surface area contributed by atoms with Crippen LogP contribution in [0.5, 0.6) is 5.75 Å². The number of benzene rings is 2. The number of aryl methyl sites for hydroxylation is 1. The lowest BCUT2D eigenvalue weighted by Crippen LogP contribution is -2.42. The summed E-state index contributed by atoms with van der Waals surface area (Å²) in [5, 5.41) is 6.35. The average Bonchev–Trinajstić information content (AvgIpc) is 2.68. The van der Waals surface area contributed by atoms with Gasteiger partial charge in [0.2, 0.25) is 5.56 Å². The summed E-state index contributed by atoms with van der Waals surface area (Å²) in [6.07, 6.45) is -4.12. The Kier molecular flexibility index (Phi) is 5.15. The third-order valence-electron chi connectivity index (χ3n) is 5.46. The Bertz CT molecular complexity index is 1260. The summed E-state index contributed by atoms with van der Waals surface area (Å²) in [6.45, 7) is 5.34. The van der Waals surface area contributed by atoms with Crippen molar-refractivity contribution >= 4 is 22.6 Å². The average molecular weight is 445 g/mol. The molecule has 3 N–H and O–H groups in total. The fourth-order valence-electron chi connectivity index (χ4n) is 3.97. The van der Waals surface area contributed by atoms with E-state index in [1.165, 1.54) is 12.1 Å². The maximum absolute atomic E-state index is 13.1. The van der Waals surface area contributed by atoms with Gasteiger partial charge in [-0.3, -0.25) is 4.79 Å². The first-order valence-electron chi connectivity index (χ1n) is 10.0. The molecule has 4 rings (SSSR count). The second kappa shape index (κ2) is 7.58. The molecule has 0 radical (unpaired) electrons. The normalized spacial score (nSPS) is 17.4. The van der Waals surface area contributed by atoms with Crippen LogP contribution in [0, 0.1) is 6.92 Å². The van der Waals surface area contributed by atoms with Gasteiger partial charge in [0.25, 0.3) is 0 Å². The molecule has 2 aromatic carbocycles. The maximum Gasteiger partial charge on any atom is 0.416 e. The summed E-state index contributed by atoms with van der Waals surface area (Å²) in [5.41, 5.74) is 0.553. The van der Waals surface area contributed by atoms with Crippen LogP contribution in [-0.4, -0.2) is 16.6 Å². The number of anilines is 1. The molecule has 0 bridgehead atoms. The number of amides is 2. The number of aromatic amines is 1. The smallest absolute Gasteiger partial charge is 0.416 e. The van der Waals surface area contributed by atoms with E-state index in [1.807, 2.05) is 6.92 Å². The van der Waals surface area contributed by atoms with E-state index in [-0.39, 0.29) is 11.3 Å². The van der Waals surface area contributed by atoms with Crippen molar-refractivity contribution in [2.24, 2.45) is 0 Å². The van der Waals surface area contributed by atoms with Crippen LogP contribution in [0.2, 0.25) is 0 Å². The number of fused-ring (bicyclic) bond motifs is 2. The number of rotatable bonds is 2. The van der Waals surface area contributed by atoms with Gasteiger partial charge >= 0.3 is 12.2 Å². The fourth-order valence-corrected chi connectivity index (χ4v) is 3.97. The second-order valence-electron chi connectivity index (χ2n) is 8.51. The lowest BCUT2D eigenvalue weighted by Gasteiger charge is -2.38. The lowest BCUT2D eigenvalue weighted by atomic mass is 9.89. The third kappa shape index (κ3) is 4.28. The van der Waals surface area contributed by atoms with Gasteiger partial charge in [-0.25, -0.2) is 4.79 Å². The van der Waals surface area contributed by atoms with Crippen LogP contribution in [0.4, 0.5) is 23.7 Å². The van der Waals surface area contributed by atoms with Gasteiger partial charge in [0.05, 0.1) is 22.8 Å². The van der Waals surface area contributed by atoms with Crippen molar-refractivity contribution in [3.8, 4) is 5.75 Å². The molecule has 0 fully saturated rings. The lowest BCUT2D eigenvalue weighted by molar-refractivity contribution is -0.137. The van der Waals surface area contributed by atoms with Crippen molar-refractivity contribution in [1.29, 1.82) is 0 Å². The van der Waals surface area contributed by atoms with Crippen LogP contribution < -0.4 is 20.9 Å². The highest BCUT2D eigenvalue weighted by atomic mass is 19.4. The number of halogens is 3. The van der Waals surface area contributed by atoms with E-state index < -0.39 is 29.4 Å². The fraction of sp³-hybridized carbons (Fsp3) is 0.304. The van der Waals surface area contributed by atoms with E-state index in [0.717, 1.165) is 17.7 Å². The van der Waals surface area contributed by atoms with Gasteiger partial charge in [0, 0.05) is 23.4 Å². The van der Waals surface area contributed by atoms with Crippen LogP contribution >= 0.6 is 0 Å². The summed E-state index contributed by atoms with van der Waals surface area (Å²) >= 11 is 0. The Labute approximate surface area is 181 Å². The molecule has 9 heteroatoms. The number of alkyl halides is 3. The number of carbonyl (C=O) groups is 1. The van der Waals surface area contributed by atoms with E-state index in [4.69, 9.17) is 4.74 Å². The molecular weight excluding hydrogens is 423 g/mol. The Hall–Kier alpha value is -3.49. The highest BCUT2D eigenvalue weighted by Gasteiger charge is 2.38. The Morgan fingerprint density at radius 3 is 2.62 bits per heavy atom. The van der Waals surface area contributed by atoms with Gasteiger partial charge in [-0.15, -0.1) is 0 Å². The third-order valence-corrected chi connectivity index (χ3v) is 5.46. The monoisotopic (exact) mass is 445 g/mol. The molecule has 0 saturated carbocycles. The first-order valence-corrected chi connectivity index (χ1v) is 10.0. The minimum atomic E-state index is -4.49. The highest BCUT2D eigenvalue weighted by molar-refractivity contribution is 6.01. The van der Waals surface area contributed by atoms with Crippen LogP contribution in [0.25, 0.3) is 10.9 Å². The number of H-pyrrole nitrogens is 1. The van der Waals surface area contributed by atoms with Crippen molar-refractivity contribution in [3.63, 3.8) is 0 Å². The molecule has 2 heterocycles. The molecule has 0 spiro atoms. The predicted octanol–water partition coefficient (Wildman–Crippen LogP) is 5.28. The van der Waals surface area contributed by atoms with Gasteiger partial charge in [-0.05, 0) is 50.6 Å². The molecule has 32 heavy (non-hydrogen) atoms. The van der Waals surface area contributed by atoms with Crippen LogP contribution in [-0.2, 0) is 6.18 Å². The minimum absolute atomic E-state index is 0.0975. The number of hydrogen-bond acceptors (Lipinski definition) is 3. The number of carbonyl (C=O) groups excluding carboxylic acids is 1. The second-order valence-corrected chi connectivity index (χ2v) is 8.51. The van der Waals surface area contributed by atoms with E-state index in [1.54, 1.807) is 32.0 Å². The standard InChI is InChI=1S/C23H22F3N3O3/c1-12-4-8-16-15(7-9-19(30)27-16)20(12)29-21(31)28-17-11-22(2,3)32-18-10-13(23(24,25)26)5-6-14(17)18/h4-10,17H,11H2,1-3H3,(H,27,30)(H2,28,29,31)/t17-/m1/s1. The largest absolute Gasteiger partial charge is 0.487 e. The summed E-state index contributed by atoms with van der Waals surface area (Å²) in [6, 6.07) is 8.76. The van der Waals surface area contributed by atoms with Gasteiger partial charge < -0.3 is 20.4 Å². The molecule has 0 aliphatic carbocycles. The molecule has 2 amide bonds. The van der Waals surface area contributed by atoms with Gasteiger partial charge in [0.1, 0.15) is 11.4 Å². The van der Waals surface area contributed by atoms with Crippen LogP contribution in [0.1, 0.15) is 43.0 Å². The molecule has 168 valence electrons. The molecule has 0 saturated heterocycles. The summed E-state index contributed by atoms with van der Waals surface area (Å²) < 4.78 is 45.2. The first-order chi connectivity index (χ1) is 14.9. The Morgan fingerprint density at radius 2 is 1.91 bits per heavy atom. The van der Waals surface area contributed by atoms with E-state index >= 15 is 0 Å². The van der Waals surface area contributed by atoms with E-state index in [2.05, 4.69) is 15.6 Å². The van der Waals surface area contributed by atoms with Crippen molar-refractivity contribution in [2.75, 3.05) is 5.32 Å². The quantitative estimate of drug-likeness (QED) is 0.502. The first kappa shape index (κ1) is 21.7. The molecular formula is C23H22F3N3O3. The molecule has 1 aliphatic heterocycles. The van der Waals surface area contributed by atoms with Crippen LogP contribution in [0.3, 0.4) is 0 Å². The SMILES string of the molecule is Cc1ccc2[nH]c(=O)ccc2c1NC(=O)N[C@@H]1CC(C)(C)Oc2cc(C(F)(F)F)ccc21. The predicted molar refractivity (Wildman–Crippen MR) is 115 cm³/mol. The van der Waals surface area contributed by atoms with Gasteiger partial charge in [-0.1, -0.05) is 12.1 Å². The number of aromatic nitrogens is 1. The van der Waals surface area contributed by atoms with Crippen molar-refractivity contribution < 1.29 is 22.7 Å². The zero-order chi connectivity index (χ0) is 23.3. The highest BCUT2D eigenvalue weighted by Crippen LogP contribution is 2.42. The van der Waals surface area contributed by atoms with E-state index in [9.17, 15) is 22.8 Å². The topological polar surface area (TPSA) is 83.2 Å². The minimum Gasteiger partial charge on any atom is -0.487 e. The van der Waals surface area contributed by atoms with E-state index in [0.29, 0.717) is 28.6 Å². The summed E-state index contributed by atoms with van der Waals surface area (Å²) in [7, 11) is 0. The van der Waals surface area contributed by atoms with Crippen molar-refractivity contribution in [1.82, 2.24) is 10.3 Å². The number of urea groups is 1. The molecule has 1 aliphatic rings. The molecule has 1 aromatic heterocycles. The molecule has 6 nitrogen and oxygen atoms in total. The molecule has 3 aromatic rings. The van der Waals surface area contributed by atoms with Gasteiger partial charge in [-0.2, -0.15) is 13.2 Å². The Morgan fingerprint density at radius 1 is 1.16 bits per heavy atom. The van der Waals surface area contributed by atoms with Gasteiger partial charge in [0.15, 0.2) is 0 Å². The molecule has 0 unspecified atom stereocenters. The number of hydrogen-bond donors (Lipinski definition) is 3. The van der Waals surface area contributed by atoms with Crippen LogP contribution in [0.15, 0.2) is 47.3 Å². The van der Waals surface area contributed by atoms with Crippen molar-refractivity contribution in [3.05, 3.63) is 69.5 Å². The maximum atomic E-state index is 13.1. The zero-order valence-corrected chi connectivity index (χ0v) is 17.7. The zero-order valence-electron chi connectivity index (χ0n) is 17.7. The van der Waals surface area contributed by atoms with Crippen molar-refractivity contribution in [2.45, 2.75) is 45.0 Å². The summed E-state index contributed by atoms with van der Waals surface area (Å²) in [4.78, 5) is 27.2. The number of ether oxygens (including phenoxy) is 1. The number of pyridine rings is 1. The Balaban J connectivity index is 1.63. The molecule has 1 atom stereocenters. The summed E-state index contributed by atoms with van der Waals surface area (Å²) in [5.74, 6) is 0.0975.